The Kier molecular flexibility index (Phi) is 6.56. The summed E-state index contributed by atoms with van der Waals surface area (Å²) >= 11 is 0. The number of ether oxygens (including phenoxy) is 1. The van der Waals surface area contributed by atoms with Crippen molar-refractivity contribution in [2.24, 2.45) is 4.99 Å². The van der Waals surface area contributed by atoms with Crippen LogP contribution in [0.4, 0.5) is 0 Å². The van der Waals surface area contributed by atoms with Crippen molar-refractivity contribution in [1.29, 1.82) is 0 Å². The van der Waals surface area contributed by atoms with Crippen LogP contribution in [-0.2, 0) is 35.1 Å². The zero-order valence-corrected chi connectivity index (χ0v) is 20.2. The Labute approximate surface area is 192 Å². The molecule has 1 aromatic carbocycles. The molecular weight excluding hydrogens is 400 g/mol. The van der Waals surface area contributed by atoms with Gasteiger partial charge in [-0.3, -0.25) is 4.99 Å². The maximum absolute atomic E-state index is 5.17. The maximum atomic E-state index is 5.17. The summed E-state index contributed by atoms with van der Waals surface area (Å²) in [6.07, 6.45) is 5.66. The molecule has 1 fully saturated rings. The summed E-state index contributed by atoms with van der Waals surface area (Å²) in [5, 5.41) is 11.8. The third-order valence-electron chi connectivity index (χ3n) is 7.01. The minimum absolute atomic E-state index is 0.184. The fraction of sp³-hybridized carbons (Fsp3) is 0.640. The zero-order valence-electron chi connectivity index (χ0n) is 20.2. The number of aliphatic imine (C=N–C) groups is 1. The van der Waals surface area contributed by atoms with Gasteiger partial charge in [-0.1, -0.05) is 51.5 Å². The summed E-state index contributed by atoms with van der Waals surface area (Å²) in [7, 11) is 3.52. The van der Waals surface area contributed by atoms with Gasteiger partial charge in [0, 0.05) is 38.6 Å². The van der Waals surface area contributed by atoms with Crippen molar-refractivity contribution in [2.45, 2.75) is 82.9 Å². The van der Waals surface area contributed by atoms with E-state index < -0.39 is 0 Å². The van der Waals surface area contributed by atoms with Crippen molar-refractivity contribution in [1.82, 2.24) is 25.4 Å². The summed E-state index contributed by atoms with van der Waals surface area (Å²) in [6.45, 7) is 8.96. The number of guanidine groups is 1. The molecule has 1 saturated carbocycles. The number of nitrogens with one attached hydrogen (secondary N) is 2. The largest absolute Gasteiger partial charge is 0.377 e. The molecule has 7 nitrogen and oxygen atoms in total. The van der Waals surface area contributed by atoms with E-state index in [0.717, 1.165) is 43.5 Å². The summed E-state index contributed by atoms with van der Waals surface area (Å²) in [5.74, 6) is 2.67. The first kappa shape index (κ1) is 22.8. The lowest BCUT2D eigenvalue weighted by molar-refractivity contribution is 0.177. The van der Waals surface area contributed by atoms with Gasteiger partial charge in [0.1, 0.15) is 12.4 Å². The van der Waals surface area contributed by atoms with Gasteiger partial charge in [-0.2, -0.15) is 5.10 Å². The van der Waals surface area contributed by atoms with Crippen LogP contribution in [0.15, 0.2) is 29.3 Å². The van der Waals surface area contributed by atoms with Gasteiger partial charge in [0.2, 0.25) is 0 Å². The Bertz CT molecular complexity index is 936. The quantitative estimate of drug-likeness (QED) is 0.534. The van der Waals surface area contributed by atoms with Gasteiger partial charge >= 0.3 is 0 Å². The molecule has 2 aliphatic rings. The molecule has 2 N–H and O–H groups in total. The number of methoxy groups -OCH3 is 1. The minimum atomic E-state index is 0.184. The number of benzene rings is 1. The molecule has 0 radical (unpaired) electrons. The molecule has 0 saturated heterocycles. The van der Waals surface area contributed by atoms with Gasteiger partial charge < -0.3 is 15.4 Å². The lowest BCUT2D eigenvalue weighted by atomic mass is 9.64. The van der Waals surface area contributed by atoms with E-state index in [4.69, 9.17) is 4.74 Å². The highest BCUT2D eigenvalue weighted by Crippen LogP contribution is 2.43. The first-order chi connectivity index (χ1) is 15.3. The average molecular weight is 439 g/mol. The van der Waals surface area contributed by atoms with E-state index in [-0.39, 0.29) is 16.9 Å². The molecule has 4 rings (SSSR count). The molecule has 2 aromatic rings. The van der Waals surface area contributed by atoms with Crippen LogP contribution in [0.1, 0.15) is 69.2 Å². The SMILES string of the molecule is CN=C(NCC1(c2ccc(C(C)(C)C)cc2)CCC1)NC1CCc2nc(COC)nn2C1. The standard InChI is InChI=1S/C25H38N6O/c1-24(2,3)18-7-9-19(10-8-18)25(13-6-14-25)17-27-23(26-4)28-20-11-12-22-29-21(16-32-5)30-31(22)15-20/h7-10,20H,6,11-17H2,1-5H3,(H2,26,27,28). The number of rotatable bonds is 6. The Balaban J connectivity index is 1.36. The lowest BCUT2D eigenvalue weighted by Gasteiger charge is -2.43. The molecule has 1 aliphatic carbocycles. The van der Waals surface area contributed by atoms with Crippen molar-refractivity contribution in [2.75, 3.05) is 20.7 Å². The van der Waals surface area contributed by atoms with Crippen molar-refractivity contribution >= 4 is 5.96 Å². The fourth-order valence-electron chi connectivity index (χ4n) is 4.80. The molecule has 0 bridgehead atoms. The summed E-state index contributed by atoms with van der Waals surface area (Å²) in [6, 6.07) is 9.57. The highest BCUT2D eigenvalue weighted by Gasteiger charge is 2.39. The second-order valence-corrected chi connectivity index (χ2v) is 10.3. The molecular formula is C25H38N6O. The van der Waals surface area contributed by atoms with E-state index in [1.807, 2.05) is 11.7 Å². The van der Waals surface area contributed by atoms with Gasteiger partial charge in [0.05, 0.1) is 6.54 Å². The predicted octanol–water partition coefficient (Wildman–Crippen LogP) is 3.32. The summed E-state index contributed by atoms with van der Waals surface area (Å²) in [4.78, 5) is 9.07. The van der Waals surface area contributed by atoms with Gasteiger partial charge in [-0.05, 0) is 35.8 Å². The molecule has 174 valence electrons. The smallest absolute Gasteiger partial charge is 0.191 e. The first-order valence-electron chi connectivity index (χ1n) is 11.8. The van der Waals surface area contributed by atoms with Gasteiger partial charge in [0.15, 0.2) is 11.8 Å². The van der Waals surface area contributed by atoms with E-state index in [1.165, 1.54) is 30.4 Å². The van der Waals surface area contributed by atoms with Crippen LogP contribution in [0.3, 0.4) is 0 Å². The van der Waals surface area contributed by atoms with E-state index >= 15 is 0 Å². The highest BCUT2D eigenvalue weighted by molar-refractivity contribution is 5.80. The van der Waals surface area contributed by atoms with Crippen LogP contribution < -0.4 is 10.6 Å². The van der Waals surface area contributed by atoms with Crippen molar-refractivity contribution in [3.05, 3.63) is 47.0 Å². The average Bonchev–Trinajstić information content (AvgIpc) is 3.13. The normalized spacial score (nSPS) is 20.4. The Hall–Kier alpha value is -2.41. The van der Waals surface area contributed by atoms with Crippen LogP contribution in [0, 0.1) is 0 Å². The Morgan fingerprint density at radius 1 is 1.25 bits per heavy atom. The van der Waals surface area contributed by atoms with Crippen LogP contribution >= 0.6 is 0 Å². The first-order valence-corrected chi connectivity index (χ1v) is 11.8. The molecule has 1 atom stereocenters. The zero-order chi connectivity index (χ0) is 22.8. The molecule has 0 amide bonds. The summed E-state index contributed by atoms with van der Waals surface area (Å²) < 4.78 is 7.18. The van der Waals surface area contributed by atoms with Crippen LogP contribution in [0.2, 0.25) is 0 Å². The molecule has 2 heterocycles. The number of nitrogens with zero attached hydrogens (tertiary/aromatic N) is 4. The Morgan fingerprint density at radius 2 is 2.00 bits per heavy atom. The third-order valence-corrected chi connectivity index (χ3v) is 7.01. The van der Waals surface area contributed by atoms with E-state index in [0.29, 0.717) is 6.61 Å². The predicted molar refractivity (Wildman–Crippen MR) is 128 cm³/mol. The second kappa shape index (κ2) is 9.22. The van der Waals surface area contributed by atoms with Crippen molar-refractivity contribution in [3.63, 3.8) is 0 Å². The number of aromatic nitrogens is 3. The molecule has 0 spiro atoms. The van der Waals surface area contributed by atoms with E-state index in [2.05, 4.69) is 70.7 Å². The van der Waals surface area contributed by atoms with Crippen molar-refractivity contribution in [3.8, 4) is 0 Å². The Morgan fingerprint density at radius 3 is 2.59 bits per heavy atom. The molecule has 7 heteroatoms. The topological polar surface area (TPSA) is 76.4 Å². The minimum Gasteiger partial charge on any atom is -0.377 e. The second-order valence-electron chi connectivity index (χ2n) is 10.3. The molecule has 1 unspecified atom stereocenters. The van der Waals surface area contributed by atoms with Gasteiger partial charge in [-0.25, -0.2) is 9.67 Å². The molecule has 1 aliphatic heterocycles. The van der Waals surface area contributed by atoms with Crippen LogP contribution in [0.25, 0.3) is 0 Å². The summed E-state index contributed by atoms with van der Waals surface area (Å²) in [5.41, 5.74) is 3.22. The van der Waals surface area contributed by atoms with Gasteiger partial charge in [0.25, 0.3) is 0 Å². The number of hydrogen-bond acceptors (Lipinski definition) is 4. The number of fused-ring (bicyclic) bond motifs is 1. The monoisotopic (exact) mass is 438 g/mol. The fourth-order valence-corrected chi connectivity index (χ4v) is 4.80. The van der Waals surface area contributed by atoms with Crippen LogP contribution in [-0.4, -0.2) is 47.5 Å². The third kappa shape index (κ3) is 4.82. The van der Waals surface area contributed by atoms with E-state index in [1.54, 1.807) is 7.11 Å². The lowest BCUT2D eigenvalue weighted by Crippen LogP contribution is -2.52. The molecule has 32 heavy (non-hydrogen) atoms. The highest BCUT2D eigenvalue weighted by atomic mass is 16.5. The van der Waals surface area contributed by atoms with Gasteiger partial charge in [-0.15, -0.1) is 0 Å². The maximum Gasteiger partial charge on any atom is 0.191 e. The number of hydrogen-bond donors (Lipinski definition) is 2. The van der Waals surface area contributed by atoms with Crippen molar-refractivity contribution < 1.29 is 4.74 Å². The number of aryl methyl sites for hydroxylation is 1. The van der Waals surface area contributed by atoms with Crippen LogP contribution in [0.5, 0.6) is 0 Å². The molecule has 1 aromatic heterocycles. The van der Waals surface area contributed by atoms with E-state index in [9.17, 15) is 0 Å².